The van der Waals surface area contributed by atoms with Crippen LogP contribution in [0.25, 0.3) is 0 Å². The first-order chi connectivity index (χ1) is 9.48. The van der Waals surface area contributed by atoms with Crippen LogP contribution in [0.2, 0.25) is 0 Å². The smallest absolute Gasteiger partial charge is 0.244 e. The number of aliphatic hydroxyl groups is 1. The molecule has 1 aromatic rings. The van der Waals surface area contributed by atoms with Crippen molar-refractivity contribution in [1.82, 2.24) is 4.31 Å². The van der Waals surface area contributed by atoms with Crippen molar-refractivity contribution in [2.24, 2.45) is 5.92 Å². The highest BCUT2D eigenvalue weighted by molar-refractivity contribution is 9.10. The van der Waals surface area contributed by atoms with Crippen molar-refractivity contribution in [1.29, 1.82) is 0 Å². The van der Waals surface area contributed by atoms with E-state index < -0.39 is 10.0 Å². The molecule has 1 aliphatic heterocycles. The number of ether oxygens (including phenoxy) is 1. The summed E-state index contributed by atoms with van der Waals surface area (Å²) in [6.07, 6.45) is 0.810. The third-order valence-corrected chi connectivity index (χ3v) is 6.31. The van der Waals surface area contributed by atoms with Crippen LogP contribution >= 0.6 is 15.9 Å². The van der Waals surface area contributed by atoms with Crippen LogP contribution in [0.4, 0.5) is 0 Å². The fraction of sp³-hybridized carbons (Fsp3) is 0.538. The van der Waals surface area contributed by atoms with Gasteiger partial charge in [-0.05, 0) is 46.0 Å². The van der Waals surface area contributed by atoms with Crippen LogP contribution in [0.1, 0.15) is 12.0 Å². The van der Waals surface area contributed by atoms with Gasteiger partial charge in [0, 0.05) is 24.7 Å². The molecule has 0 saturated carbocycles. The van der Waals surface area contributed by atoms with Crippen molar-refractivity contribution in [3.8, 4) is 0 Å². The summed E-state index contributed by atoms with van der Waals surface area (Å²) < 4.78 is 32.4. The molecule has 1 heterocycles. The molecule has 0 aliphatic carbocycles. The summed E-state index contributed by atoms with van der Waals surface area (Å²) in [5.41, 5.74) is 0.583. The number of hydrogen-bond donors (Lipinski definition) is 1. The number of rotatable bonds is 5. The summed E-state index contributed by atoms with van der Waals surface area (Å²) in [5.74, 6) is 0.245. The molecule has 0 amide bonds. The minimum absolute atomic E-state index is 0.178. The number of aliphatic hydroxyl groups excluding tert-OH is 1. The predicted molar refractivity (Wildman–Crippen MR) is 78.8 cm³/mol. The Hall–Kier alpha value is -0.470. The SMILES string of the molecule is COCC1CCN(S(=O)(=O)c2cc(CO)ccc2Br)C1. The Morgan fingerprint density at radius 1 is 1.50 bits per heavy atom. The second-order valence-electron chi connectivity index (χ2n) is 4.90. The average molecular weight is 364 g/mol. The van der Waals surface area contributed by atoms with Crippen LogP contribution < -0.4 is 0 Å². The monoisotopic (exact) mass is 363 g/mol. The van der Waals surface area contributed by atoms with E-state index in [4.69, 9.17) is 9.84 Å². The summed E-state index contributed by atoms with van der Waals surface area (Å²) in [5, 5.41) is 9.16. The number of methoxy groups -OCH3 is 1. The number of sulfonamides is 1. The average Bonchev–Trinajstić information content (AvgIpc) is 2.89. The molecule has 1 unspecified atom stereocenters. The number of benzene rings is 1. The highest BCUT2D eigenvalue weighted by atomic mass is 79.9. The lowest BCUT2D eigenvalue weighted by atomic mass is 10.1. The summed E-state index contributed by atoms with van der Waals surface area (Å²) in [4.78, 5) is 0.210. The molecule has 1 aliphatic rings. The first kappa shape index (κ1) is 15.9. The van der Waals surface area contributed by atoms with Crippen molar-refractivity contribution in [3.63, 3.8) is 0 Å². The lowest BCUT2D eigenvalue weighted by molar-refractivity contribution is 0.157. The van der Waals surface area contributed by atoms with Crippen LogP contribution in [0.5, 0.6) is 0 Å². The Morgan fingerprint density at radius 2 is 2.25 bits per heavy atom. The van der Waals surface area contributed by atoms with Gasteiger partial charge in [-0.2, -0.15) is 4.31 Å². The van der Waals surface area contributed by atoms with Crippen molar-refractivity contribution in [2.75, 3.05) is 26.8 Å². The highest BCUT2D eigenvalue weighted by Gasteiger charge is 2.33. The minimum atomic E-state index is -3.53. The molecular weight excluding hydrogens is 346 g/mol. The summed E-state index contributed by atoms with van der Waals surface area (Å²) in [6, 6.07) is 4.87. The van der Waals surface area contributed by atoms with Gasteiger partial charge in [-0.1, -0.05) is 6.07 Å². The Balaban J connectivity index is 2.27. The van der Waals surface area contributed by atoms with Crippen molar-refractivity contribution in [2.45, 2.75) is 17.9 Å². The fourth-order valence-corrected chi connectivity index (χ4v) is 4.88. The fourth-order valence-electron chi connectivity index (χ4n) is 2.37. The standard InChI is InChI=1S/C13H18BrNO4S/c1-19-9-11-4-5-15(7-11)20(17,18)13-6-10(8-16)2-3-12(13)14/h2-3,6,11,16H,4-5,7-9H2,1H3. The van der Waals surface area contributed by atoms with Gasteiger partial charge in [-0.25, -0.2) is 8.42 Å². The van der Waals surface area contributed by atoms with Gasteiger partial charge in [0.05, 0.1) is 18.1 Å². The second-order valence-corrected chi connectivity index (χ2v) is 7.66. The van der Waals surface area contributed by atoms with Gasteiger partial charge in [0.2, 0.25) is 10.0 Å². The third kappa shape index (κ3) is 3.23. The maximum absolute atomic E-state index is 12.6. The molecule has 0 bridgehead atoms. The molecule has 0 spiro atoms. The maximum Gasteiger partial charge on any atom is 0.244 e. The largest absolute Gasteiger partial charge is 0.392 e. The van der Waals surface area contributed by atoms with E-state index in [2.05, 4.69) is 15.9 Å². The van der Waals surface area contributed by atoms with E-state index in [1.165, 1.54) is 10.4 Å². The highest BCUT2D eigenvalue weighted by Crippen LogP contribution is 2.30. The predicted octanol–water partition coefficient (Wildman–Crippen LogP) is 1.60. The normalized spacial score (nSPS) is 20.4. The minimum Gasteiger partial charge on any atom is -0.392 e. The second kappa shape index (κ2) is 6.53. The zero-order chi connectivity index (χ0) is 14.8. The number of hydrogen-bond acceptors (Lipinski definition) is 4. The Labute approximate surface area is 127 Å². The molecule has 112 valence electrons. The van der Waals surface area contributed by atoms with Gasteiger partial charge in [0.15, 0.2) is 0 Å². The molecule has 7 heteroatoms. The van der Waals surface area contributed by atoms with E-state index in [1.807, 2.05) is 0 Å². The molecule has 0 radical (unpaired) electrons. The van der Waals surface area contributed by atoms with Crippen molar-refractivity contribution < 1.29 is 18.3 Å². The molecule has 5 nitrogen and oxygen atoms in total. The summed E-state index contributed by atoms with van der Waals surface area (Å²) >= 11 is 3.28. The topological polar surface area (TPSA) is 66.8 Å². The van der Waals surface area contributed by atoms with Gasteiger partial charge in [0.25, 0.3) is 0 Å². The van der Waals surface area contributed by atoms with Crippen molar-refractivity contribution in [3.05, 3.63) is 28.2 Å². The molecule has 0 aromatic heterocycles. The van der Waals surface area contributed by atoms with Gasteiger partial charge in [-0.3, -0.25) is 0 Å². The van der Waals surface area contributed by atoms with E-state index in [0.29, 0.717) is 29.7 Å². The van der Waals surface area contributed by atoms with Crippen molar-refractivity contribution >= 4 is 26.0 Å². The number of halogens is 1. The van der Waals surface area contributed by atoms with E-state index in [9.17, 15) is 8.42 Å². The summed E-state index contributed by atoms with van der Waals surface area (Å²) in [6.45, 7) is 1.38. The maximum atomic E-state index is 12.6. The van der Waals surface area contributed by atoms with Crippen LogP contribution in [0.3, 0.4) is 0 Å². The third-order valence-electron chi connectivity index (χ3n) is 3.45. The van der Waals surface area contributed by atoms with Crippen LogP contribution in [0, 0.1) is 5.92 Å². The Kier molecular flexibility index (Phi) is 5.19. The van der Waals surface area contributed by atoms with Gasteiger partial charge >= 0.3 is 0 Å². The van der Waals surface area contributed by atoms with E-state index in [-0.39, 0.29) is 17.4 Å². The lowest BCUT2D eigenvalue weighted by Crippen LogP contribution is -2.29. The van der Waals surface area contributed by atoms with E-state index in [1.54, 1.807) is 19.2 Å². The molecule has 20 heavy (non-hydrogen) atoms. The molecule has 1 saturated heterocycles. The molecule has 1 atom stereocenters. The van der Waals surface area contributed by atoms with E-state index in [0.717, 1.165) is 6.42 Å². The molecular formula is C13H18BrNO4S. The first-order valence-corrected chi connectivity index (χ1v) is 8.60. The molecule has 1 N–H and O–H groups in total. The quantitative estimate of drug-likeness (QED) is 0.862. The summed E-state index contributed by atoms with van der Waals surface area (Å²) in [7, 11) is -1.91. The molecule has 2 rings (SSSR count). The lowest BCUT2D eigenvalue weighted by Gasteiger charge is -2.18. The number of nitrogens with zero attached hydrogens (tertiary/aromatic N) is 1. The zero-order valence-electron chi connectivity index (χ0n) is 11.3. The van der Waals surface area contributed by atoms with Gasteiger partial charge in [0.1, 0.15) is 0 Å². The zero-order valence-corrected chi connectivity index (χ0v) is 13.7. The van der Waals surface area contributed by atoms with E-state index >= 15 is 0 Å². The van der Waals surface area contributed by atoms with Gasteiger partial charge < -0.3 is 9.84 Å². The first-order valence-electron chi connectivity index (χ1n) is 6.37. The molecule has 1 aromatic carbocycles. The van der Waals surface area contributed by atoms with Crippen LogP contribution in [-0.4, -0.2) is 44.6 Å². The Bertz CT molecular complexity index is 576. The van der Waals surface area contributed by atoms with Crippen LogP contribution in [-0.2, 0) is 21.4 Å². The Morgan fingerprint density at radius 3 is 2.90 bits per heavy atom. The van der Waals surface area contributed by atoms with Crippen LogP contribution in [0.15, 0.2) is 27.6 Å². The van der Waals surface area contributed by atoms with Gasteiger partial charge in [-0.15, -0.1) is 0 Å². The molecule has 1 fully saturated rings.